The van der Waals surface area contributed by atoms with Crippen LogP contribution in [0.3, 0.4) is 0 Å². The van der Waals surface area contributed by atoms with Gasteiger partial charge in [-0.3, -0.25) is 9.59 Å². The van der Waals surface area contributed by atoms with Gasteiger partial charge in [0.05, 0.1) is 5.56 Å². The number of benzene rings is 2. The zero-order chi connectivity index (χ0) is 18.6. The molecule has 0 spiro atoms. The first kappa shape index (κ1) is 19.0. The minimum atomic E-state index is -4.52. The summed E-state index contributed by atoms with van der Waals surface area (Å²) in [7, 11) is 0. The smallest absolute Gasteiger partial charge is 0.326 e. The molecule has 25 heavy (non-hydrogen) atoms. The number of hydrogen-bond acceptors (Lipinski definition) is 2. The number of amides is 1. The van der Waals surface area contributed by atoms with E-state index in [0.717, 1.165) is 12.1 Å². The Morgan fingerprint density at radius 1 is 1.04 bits per heavy atom. The Hall–Kier alpha value is -2.34. The highest BCUT2D eigenvalue weighted by atomic mass is 35.5. The van der Waals surface area contributed by atoms with E-state index in [4.69, 9.17) is 11.6 Å². The van der Waals surface area contributed by atoms with E-state index in [2.05, 4.69) is 5.32 Å². The fourth-order valence-electron chi connectivity index (χ4n) is 2.24. The molecule has 1 N–H and O–H groups in total. The van der Waals surface area contributed by atoms with Crippen LogP contribution >= 0.6 is 11.6 Å². The molecule has 0 aliphatic carbocycles. The zero-order valence-electron chi connectivity index (χ0n) is 13.3. The molecule has 0 saturated heterocycles. The van der Waals surface area contributed by atoms with Crippen molar-refractivity contribution in [3.63, 3.8) is 0 Å². The van der Waals surface area contributed by atoms with Crippen LogP contribution in [0.4, 0.5) is 18.9 Å². The van der Waals surface area contributed by atoms with Crippen molar-refractivity contribution >= 4 is 29.0 Å². The summed E-state index contributed by atoms with van der Waals surface area (Å²) < 4.78 is 38.4. The van der Waals surface area contributed by atoms with Crippen LogP contribution in [0.5, 0.6) is 0 Å². The summed E-state index contributed by atoms with van der Waals surface area (Å²) >= 11 is 5.74. The number of anilines is 1. The lowest BCUT2D eigenvalue weighted by Crippen LogP contribution is -2.14. The highest BCUT2D eigenvalue weighted by Gasteiger charge is 2.31. The molecule has 2 rings (SSSR count). The molecule has 7 heteroatoms. The molecule has 0 heterocycles. The molecule has 0 atom stereocenters. The minimum absolute atomic E-state index is 0.0494. The van der Waals surface area contributed by atoms with Gasteiger partial charge in [-0.05, 0) is 55.0 Å². The van der Waals surface area contributed by atoms with E-state index in [9.17, 15) is 22.8 Å². The zero-order valence-corrected chi connectivity index (χ0v) is 14.0. The van der Waals surface area contributed by atoms with Crippen LogP contribution in [-0.4, -0.2) is 11.7 Å². The summed E-state index contributed by atoms with van der Waals surface area (Å²) in [6, 6.07) is 9.60. The molecular weight excluding hydrogens is 355 g/mol. The Bertz CT molecular complexity index is 786. The van der Waals surface area contributed by atoms with Gasteiger partial charge in [0.15, 0.2) is 5.78 Å². The van der Waals surface area contributed by atoms with Crippen LogP contribution in [-0.2, 0) is 11.0 Å². The first-order chi connectivity index (χ1) is 11.6. The predicted octanol–water partition coefficient (Wildman–Crippen LogP) is 5.27. The minimum Gasteiger partial charge on any atom is -0.326 e. The van der Waals surface area contributed by atoms with E-state index in [-0.39, 0.29) is 18.4 Å². The summed E-state index contributed by atoms with van der Waals surface area (Å²) in [5, 5.41) is 3.11. The van der Waals surface area contributed by atoms with Gasteiger partial charge in [0.25, 0.3) is 0 Å². The number of nitrogens with one attached hydrogen (secondary N) is 1. The first-order valence-electron chi connectivity index (χ1n) is 7.42. The van der Waals surface area contributed by atoms with Gasteiger partial charge in [-0.15, -0.1) is 0 Å². The third kappa shape index (κ3) is 5.60. The Balaban J connectivity index is 1.99. The molecular formula is C18H15ClF3NO2. The summed E-state index contributed by atoms with van der Waals surface area (Å²) in [5.41, 5.74) is -0.0614. The van der Waals surface area contributed by atoms with Gasteiger partial charge < -0.3 is 5.32 Å². The molecule has 0 unspecified atom stereocenters. The number of rotatable bonds is 5. The SMILES string of the molecule is Cc1cc(C(=O)CCC(=O)Nc2ccc(Cl)cc2)cc(C(F)(F)F)c1. The largest absolute Gasteiger partial charge is 0.416 e. The average molecular weight is 370 g/mol. The number of carbonyl (C=O) groups excluding carboxylic acids is 2. The van der Waals surface area contributed by atoms with Gasteiger partial charge in [0.1, 0.15) is 0 Å². The standard InChI is InChI=1S/C18H15ClF3NO2/c1-11-8-12(10-13(9-11)18(20,21)22)16(24)6-7-17(25)23-15-4-2-14(19)3-5-15/h2-5,8-10H,6-7H2,1H3,(H,23,25). The third-order valence-electron chi connectivity index (χ3n) is 3.43. The number of aryl methyl sites for hydroxylation is 1. The van der Waals surface area contributed by atoms with Crippen LogP contribution in [0.25, 0.3) is 0 Å². The van der Waals surface area contributed by atoms with Crippen molar-refractivity contribution in [2.45, 2.75) is 25.9 Å². The Morgan fingerprint density at radius 2 is 1.68 bits per heavy atom. The van der Waals surface area contributed by atoms with Gasteiger partial charge >= 0.3 is 6.18 Å². The Kier molecular flexibility index (Phi) is 5.85. The number of carbonyl (C=O) groups is 2. The molecule has 2 aromatic rings. The molecule has 132 valence electrons. The second-order valence-corrected chi connectivity index (χ2v) is 6.00. The van der Waals surface area contributed by atoms with Crippen LogP contribution in [0, 0.1) is 6.92 Å². The van der Waals surface area contributed by atoms with Crippen LogP contribution in [0.1, 0.15) is 34.3 Å². The van der Waals surface area contributed by atoms with Gasteiger partial charge in [0.2, 0.25) is 5.91 Å². The lowest BCUT2D eigenvalue weighted by atomic mass is 10.0. The number of Topliss-reactive ketones (excluding diaryl/α,β-unsaturated/α-hetero) is 1. The van der Waals surface area contributed by atoms with Gasteiger partial charge in [0, 0.05) is 29.1 Å². The third-order valence-corrected chi connectivity index (χ3v) is 3.69. The fourth-order valence-corrected chi connectivity index (χ4v) is 2.36. The maximum absolute atomic E-state index is 12.8. The van der Waals surface area contributed by atoms with Crippen molar-refractivity contribution in [3.05, 3.63) is 64.2 Å². The topological polar surface area (TPSA) is 46.2 Å². The molecule has 0 aliphatic rings. The second kappa shape index (κ2) is 7.70. The quantitative estimate of drug-likeness (QED) is 0.730. The number of alkyl halides is 3. The van der Waals surface area contributed by atoms with E-state index in [1.165, 1.54) is 13.0 Å². The summed E-state index contributed by atoms with van der Waals surface area (Å²) in [5.74, 6) is -0.917. The summed E-state index contributed by atoms with van der Waals surface area (Å²) in [6.45, 7) is 1.49. The van der Waals surface area contributed by atoms with Crippen LogP contribution in [0.15, 0.2) is 42.5 Å². The van der Waals surface area contributed by atoms with E-state index in [1.54, 1.807) is 24.3 Å². The normalized spacial score (nSPS) is 11.2. The molecule has 1 amide bonds. The highest BCUT2D eigenvalue weighted by molar-refractivity contribution is 6.30. The van der Waals surface area contributed by atoms with Crippen molar-refractivity contribution in [2.24, 2.45) is 0 Å². The Morgan fingerprint density at radius 3 is 2.28 bits per heavy atom. The van der Waals surface area contributed by atoms with E-state index < -0.39 is 23.4 Å². The van der Waals surface area contributed by atoms with Crippen LogP contribution in [0.2, 0.25) is 5.02 Å². The maximum Gasteiger partial charge on any atom is 0.416 e. The van der Waals surface area contributed by atoms with Crippen molar-refractivity contribution < 1.29 is 22.8 Å². The van der Waals surface area contributed by atoms with E-state index in [0.29, 0.717) is 16.3 Å². The van der Waals surface area contributed by atoms with E-state index in [1.807, 2.05) is 0 Å². The molecule has 0 aromatic heterocycles. The molecule has 0 aliphatic heterocycles. The van der Waals surface area contributed by atoms with Gasteiger partial charge in [-0.1, -0.05) is 11.6 Å². The number of hydrogen-bond donors (Lipinski definition) is 1. The predicted molar refractivity (Wildman–Crippen MR) is 89.8 cm³/mol. The molecule has 0 fully saturated rings. The number of ketones is 1. The highest BCUT2D eigenvalue weighted by Crippen LogP contribution is 2.31. The maximum atomic E-state index is 12.8. The fraction of sp³-hybridized carbons (Fsp3) is 0.222. The molecule has 0 radical (unpaired) electrons. The van der Waals surface area contributed by atoms with Crippen molar-refractivity contribution in [1.82, 2.24) is 0 Å². The molecule has 0 saturated carbocycles. The average Bonchev–Trinajstić information content (AvgIpc) is 2.53. The van der Waals surface area contributed by atoms with Crippen molar-refractivity contribution in [3.8, 4) is 0 Å². The van der Waals surface area contributed by atoms with Crippen LogP contribution < -0.4 is 5.32 Å². The first-order valence-corrected chi connectivity index (χ1v) is 7.80. The summed E-state index contributed by atoms with van der Waals surface area (Å²) in [6.07, 6.45) is -4.83. The monoisotopic (exact) mass is 369 g/mol. The lowest BCUT2D eigenvalue weighted by Gasteiger charge is -2.10. The number of halogens is 4. The summed E-state index contributed by atoms with van der Waals surface area (Å²) in [4.78, 5) is 24.0. The lowest BCUT2D eigenvalue weighted by molar-refractivity contribution is -0.137. The second-order valence-electron chi connectivity index (χ2n) is 5.56. The molecule has 0 bridgehead atoms. The Labute approximate surface area is 147 Å². The van der Waals surface area contributed by atoms with E-state index >= 15 is 0 Å². The van der Waals surface area contributed by atoms with Crippen molar-refractivity contribution in [1.29, 1.82) is 0 Å². The van der Waals surface area contributed by atoms with Gasteiger partial charge in [-0.2, -0.15) is 13.2 Å². The van der Waals surface area contributed by atoms with Gasteiger partial charge in [-0.25, -0.2) is 0 Å². The molecule has 2 aromatic carbocycles. The van der Waals surface area contributed by atoms with Crippen molar-refractivity contribution in [2.75, 3.05) is 5.32 Å². The molecule has 3 nitrogen and oxygen atoms in total.